The van der Waals surface area contributed by atoms with Crippen LogP contribution in [0.3, 0.4) is 0 Å². The number of ether oxygens (including phenoxy) is 1. The van der Waals surface area contributed by atoms with E-state index in [2.05, 4.69) is 20.0 Å². The largest absolute Gasteiger partial charge is 0.480 e. The summed E-state index contributed by atoms with van der Waals surface area (Å²) in [5, 5.41) is 31.7. The zero-order chi connectivity index (χ0) is 24.3. The molecule has 2 aromatic heterocycles. The van der Waals surface area contributed by atoms with Crippen molar-refractivity contribution in [1.82, 2.24) is 24.6 Å². The maximum absolute atomic E-state index is 12.2. The van der Waals surface area contributed by atoms with E-state index in [0.29, 0.717) is 12.8 Å². The highest BCUT2D eigenvalue weighted by molar-refractivity contribution is 7.50. The van der Waals surface area contributed by atoms with E-state index in [-0.39, 0.29) is 30.1 Å². The summed E-state index contributed by atoms with van der Waals surface area (Å²) >= 11 is 0. The molecule has 0 aliphatic carbocycles. The van der Waals surface area contributed by atoms with Crippen LogP contribution in [0.25, 0.3) is 11.2 Å². The Labute approximate surface area is 186 Å². The van der Waals surface area contributed by atoms with Gasteiger partial charge in [-0.25, -0.2) is 14.6 Å². The first-order chi connectivity index (χ1) is 15.5. The van der Waals surface area contributed by atoms with Crippen LogP contribution in [0.1, 0.15) is 25.5 Å². The molecule has 6 atom stereocenters. The molecule has 33 heavy (non-hydrogen) atoms. The minimum atomic E-state index is -4.27. The summed E-state index contributed by atoms with van der Waals surface area (Å²) in [6.07, 6.45) is -3.17. The van der Waals surface area contributed by atoms with Gasteiger partial charge in [-0.1, -0.05) is 6.42 Å². The number of nitrogens with one attached hydrogen (secondary N) is 2. The van der Waals surface area contributed by atoms with Crippen molar-refractivity contribution in [3.63, 3.8) is 0 Å². The predicted molar refractivity (Wildman–Crippen MR) is 112 cm³/mol. The number of carboxylic acids is 1. The molecule has 0 saturated carbocycles. The number of carboxylic acid groups (broad SMARTS) is 1. The highest BCUT2D eigenvalue weighted by Gasteiger charge is 2.45. The Hall–Kier alpha value is -2.43. The second-order valence-electron chi connectivity index (χ2n) is 7.49. The zero-order valence-electron chi connectivity index (χ0n) is 17.3. The van der Waals surface area contributed by atoms with Crippen LogP contribution in [0.5, 0.6) is 0 Å². The molecule has 0 amide bonds. The number of hydrogen-bond acceptors (Lipinski definition) is 11. The molecular formula is C16H26N7O9P. The van der Waals surface area contributed by atoms with Crippen LogP contribution >= 0.6 is 7.75 Å². The number of nitrogens with two attached hydrogens (primary N) is 2. The number of nitrogen functional groups attached to an aromatic ring is 1. The fourth-order valence-corrected chi connectivity index (χ4v) is 4.16. The fourth-order valence-electron chi connectivity index (χ4n) is 3.28. The summed E-state index contributed by atoms with van der Waals surface area (Å²) in [6, 6.07) is -1.000. The molecule has 0 radical (unpaired) electrons. The topological polar surface area (TPSA) is 261 Å². The zero-order valence-corrected chi connectivity index (χ0v) is 18.2. The quantitative estimate of drug-likeness (QED) is 0.120. The maximum Gasteiger partial charge on any atom is 0.403 e. The van der Waals surface area contributed by atoms with Gasteiger partial charge in [-0.2, -0.15) is 4.98 Å². The third kappa shape index (κ3) is 5.93. The van der Waals surface area contributed by atoms with Crippen molar-refractivity contribution in [3.8, 4) is 0 Å². The Morgan fingerprint density at radius 1 is 1.39 bits per heavy atom. The number of rotatable bonds is 11. The highest BCUT2D eigenvalue weighted by Crippen LogP contribution is 2.39. The van der Waals surface area contributed by atoms with Gasteiger partial charge in [-0.05, 0) is 12.8 Å². The number of aromatic amines is 1. The van der Waals surface area contributed by atoms with E-state index in [1.165, 1.54) is 10.9 Å². The number of aliphatic hydroxyl groups is 2. The Bertz CT molecular complexity index is 1090. The first-order valence-electron chi connectivity index (χ1n) is 9.95. The van der Waals surface area contributed by atoms with E-state index in [9.17, 15) is 29.3 Å². The Morgan fingerprint density at radius 2 is 2.12 bits per heavy atom. The number of H-pyrrole nitrogens is 1. The van der Waals surface area contributed by atoms with Gasteiger partial charge in [0.1, 0.15) is 24.4 Å². The molecular weight excluding hydrogens is 465 g/mol. The molecule has 1 aliphatic rings. The number of nitrogens with zero attached hydrogens (tertiary/aromatic N) is 3. The molecule has 184 valence electrons. The van der Waals surface area contributed by atoms with Gasteiger partial charge in [0, 0.05) is 6.54 Å². The summed E-state index contributed by atoms with van der Waals surface area (Å²) in [5.41, 5.74) is 10.3. The summed E-state index contributed by atoms with van der Waals surface area (Å²) in [4.78, 5) is 42.6. The van der Waals surface area contributed by atoms with Crippen LogP contribution < -0.4 is 22.1 Å². The standard InChI is InChI=1S/C16H26N7O9P/c17-7(15(27)28)3-1-2-4-20-33(29,30)31-5-8-10(24)11(25)14(32-8)23-6-19-9-12(23)21-16(18)22-13(9)26/h6-8,10-11,14,24-25H,1-5,17H2,(H,27,28)(H2,20,29,30)(H3,18,21,22,26)/t7-,8+,10+,11+,14+/m0/s1. The van der Waals surface area contributed by atoms with Crippen molar-refractivity contribution in [2.24, 2.45) is 5.73 Å². The lowest BCUT2D eigenvalue weighted by molar-refractivity contribution is -0.138. The van der Waals surface area contributed by atoms with Gasteiger partial charge in [0.05, 0.1) is 12.9 Å². The summed E-state index contributed by atoms with van der Waals surface area (Å²) in [7, 11) is -4.27. The monoisotopic (exact) mass is 491 g/mol. The lowest BCUT2D eigenvalue weighted by Gasteiger charge is -2.18. The van der Waals surface area contributed by atoms with Gasteiger partial charge in [-0.3, -0.25) is 23.7 Å². The average Bonchev–Trinajstić information content (AvgIpc) is 3.27. The van der Waals surface area contributed by atoms with Crippen molar-refractivity contribution in [1.29, 1.82) is 0 Å². The van der Waals surface area contributed by atoms with Crippen molar-refractivity contribution in [2.75, 3.05) is 18.9 Å². The molecule has 17 heteroatoms. The smallest absolute Gasteiger partial charge is 0.403 e. The molecule has 1 unspecified atom stereocenters. The van der Waals surface area contributed by atoms with Crippen LogP contribution in [0.4, 0.5) is 5.95 Å². The van der Waals surface area contributed by atoms with Gasteiger partial charge >= 0.3 is 13.7 Å². The first kappa shape index (κ1) is 25.2. The van der Waals surface area contributed by atoms with Crippen LogP contribution in [0.2, 0.25) is 0 Å². The van der Waals surface area contributed by atoms with E-state index < -0.39 is 56.5 Å². The third-order valence-corrected chi connectivity index (χ3v) is 6.17. The van der Waals surface area contributed by atoms with E-state index in [0.717, 1.165) is 0 Å². The molecule has 2 aromatic rings. The normalized spacial score (nSPS) is 25.8. The minimum absolute atomic E-state index is 0.0196. The molecule has 0 aromatic carbocycles. The lowest BCUT2D eigenvalue weighted by Crippen LogP contribution is -2.34. The molecule has 3 heterocycles. The number of aromatic nitrogens is 4. The second kappa shape index (κ2) is 10.2. The number of unbranched alkanes of at least 4 members (excludes halogenated alkanes) is 1. The molecule has 10 N–H and O–H groups in total. The lowest BCUT2D eigenvalue weighted by atomic mass is 10.1. The highest BCUT2D eigenvalue weighted by atomic mass is 31.2. The van der Waals surface area contributed by atoms with Crippen LogP contribution in [0.15, 0.2) is 11.1 Å². The molecule has 0 bridgehead atoms. The summed E-state index contributed by atoms with van der Waals surface area (Å²) in [5.74, 6) is -1.30. The Kier molecular flexibility index (Phi) is 7.81. The van der Waals surface area contributed by atoms with Gasteiger partial charge in [0.15, 0.2) is 17.4 Å². The number of imidazole rings is 1. The molecule has 3 rings (SSSR count). The maximum atomic E-state index is 12.2. The summed E-state index contributed by atoms with van der Waals surface area (Å²) in [6.45, 7) is -0.482. The average molecular weight is 491 g/mol. The SMILES string of the molecule is Nc1nc2c(ncn2[C@@H]2O[C@H](COP(=O)(O)NCCCC[C@H](N)C(=O)O)[C@@H](O)[C@H]2O)c(=O)[nH]1. The van der Waals surface area contributed by atoms with Gasteiger partial charge in [0.2, 0.25) is 5.95 Å². The number of aliphatic hydroxyl groups excluding tert-OH is 2. The molecule has 0 spiro atoms. The van der Waals surface area contributed by atoms with Gasteiger partial charge in [0.25, 0.3) is 5.56 Å². The van der Waals surface area contributed by atoms with Crippen LogP contribution in [0, 0.1) is 0 Å². The fraction of sp³-hybridized carbons (Fsp3) is 0.625. The van der Waals surface area contributed by atoms with Crippen molar-refractivity contribution in [2.45, 2.75) is 49.8 Å². The van der Waals surface area contributed by atoms with E-state index in [1.807, 2.05) is 0 Å². The van der Waals surface area contributed by atoms with Crippen LogP contribution in [-0.2, 0) is 18.6 Å². The van der Waals surface area contributed by atoms with Crippen molar-refractivity contribution >= 4 is 30.8 Å². The molecule has 1 saturated heterocycles. The Balaban J connectivity index is 1.55. The second-order valence-corrected chi connectivity index (χ2v) is 9.10. The first-order valence-corrected chi connectivity index (χ1v) is 11.5. The molecule has 1 aliphatic heterocycles. The van der Waals surface area contributed by atoms with Gasteiger partial charge < -0.3 is 36.4 Å². The number of hydrogen-bond donors (Lipinski definition) is 8. The van der Waals surface area contributed by atoms with E-state index in [4.69, 9.17) is 25.8 Å². The third-order valence-electron chi connectivity index (χ3n) is 5.05. The molecule has 1 fully saturated rings. The van der Waals surface area contributed by atoms with Crippen molar-refractivity contribution < 1.29 is 38.8 Å². The number of carbonyl (C=O) groups is 1. The van der Waals surface area contributed by atoms with E-state index >= 15 is 0 Å². The number of aliphatic carboxylic acids is 1. The molecule has 16 nitrogen and oxygen atoms in total. The Morgan fingerprint density at radius 3 is 2.82 bits per heavy atom. The minimum Gasteiger partial charge on any atom is -0.480 e. The van der Waals surface area contributed by atoms with E-state index in [1.54, 1.807) is 0 Å². The summed E-state index contributed by atoms with van der Waals surface area (Å²) < 4.78 is 23.9. The van der Waals surface area contributed by atoms with Crippen molar-refractivity contribution in [3.05, 3.63) is 16.7 Å². The number of anilines is 1. The van der Waals surface area contributed by atoms with Crippen LogP contribution in [-0.4, -0.2) is 83.2 Å². The van der Waals surface area contributed by atoms with Gasteiger partial charge in [-0.15, -0.1) is 0 Å². The number of fused-ring (bicyclic) bond motifs is 1. The predicted octanol–water partition coefficient (Wildman–Crippen LogP) is -2.39.